The highest BCUT2D eigenvalue weighted by Gasteiger charge is 2.33. The van der Waals surface area contributed by atoms with Crippen molar-refractivity contribution in [3.63, 3.8) is 0 Å². The lowest BCUT2D eigenvalue weighted by atomic mass is 9.96. The maximum absolute atomic E-state index is 13.0. The highest BCUT2D eigenvalue weighted by molar-refractivity contribution is 5.94. The number of amides is 1. The van der Waals surface area contributed by atoms with Gasteiger partial charge in [-0.25, -0.2) is 9.67 Å². The number of aryl methyl sites for hydroxylation is 1. The van der Waals surface area contributed by atoms with Crippen molar-refractivity contribution in [2.24, 2.45) is 5.92 Å². The van der Waals surface area contributed by atoms with Gasteiger partial charge in [0.1, 0.15) is 12.1 Å². The lowest BCUT2D eigenvalue weighted by Gasteiger charge is -2.36. The average Bonchev–Trinajstić information content (AvgIpc) is 3.11. The third-order valence-electron chi connectivity index (χ3n) is 4.50. The smallest absolute Gasteiger partial charge is 0.234 e. The summed E-state index contributed by atoms with van der Waals surface area (Å²) in [6, 6.07) is 0. The Morgan fingerprint density at radius 2 is 2.09 bits per heavy atom. The Balaban J connectivity index is 1.51. The molecule has 0 aliphatic carbocycles. The molecule has 2 aliphatic heterocycles. The van der Waals surface area contributed by atoms with Crippen molar-refractivity contribution in [3.8, 4) is 0 Å². The molecule has 120 valence electrons. The van der Waals surface area contributed by atoms with E-state index in [1.165, 1.54) is 6.33 Å². The van der Waals surface area contributed by atoms with E-state index in [0.29, 0.717) is 12.5 Å². The van der Waals surface area contributed by atoms with Gasteiger partial charge in [0, 0.05) is 38.6 Å². The van der Waals surface area contributed by atoms with Crippen LogP contribution < -0.4 is 9.80 Å². The van der Waals surface area contributed by atoms with Gasteiger partial charge in [-0.15, -0.1) is 0 Å². The van der Waals surface area contributed by atoms with Crippen LogP contribution in [0.5, 0.6) is 0 Å². The number of carbonyl (C=O) groups is 1. The normalized spacial score (nSPS) is 21.1. The van der Waals surface area contributed by atoms with Crippen LogP contribution in [-0.2, 0) is 11.3 Å². The van der Waals surface area contributed by atoms with Crippen molar-refractivity contribution < 1.29 is 4.79 Å². The predicted molar refractivity (Wildman–Crippen MR) is 84.0 cm³/mol. The molecule has 0 bridgehead atoms. The fourth-order valence-electron chi connectivity index (χ4n) is 3.37. The summed E-state index contributed by atoms with van der Waals surface area (Å²) in [6.07, 6.45) is 9.43. The topological polar surface area (TPSA) is 80.0 Å². The molecular formula is C15H19N7O. The SMILES string of the molecule is O=C([C@H]1CCCN(c2cnccn2)C1)N1CCCn2ncnc21. The summed E-state index contributed by atoms with van der Waals surface area (Å²) < 4.78 is 1.81. The summed E-state index contributed by atoms with van der Waals surface area (Å²) in [6.45, 7) is 3.15. The number of anilines is 2. The lowest BCUT2D eigenvalue weighted by molar-refractivity contribution is -0.122. The van der Waals surface area contributed by atoms with Crippen molar-refractivity contribution in [1.82, 2.24) is 24.7 Å². The first-order valence-corrected chi connectivity index (χ1v) is 8.03. The van der Waals surface area contributed by atoms with E-state index in [9.17, 15) is 4.79 Å². The standard InChI is InChI=1S/C15H19N7O/c23-14(21-7-2-8-22-15(21)18-11-19-22)12-3-1-6-20(10-12)13-9-16-4-5-17-13/h4-5,9,11-12H,1-3,6-8,10H2/t12-/m0/s1. The zero-order valence-electron chi connectivity index (χ0n) is 12.9. The van der Waals surface area contributed by atoms with Crippen LogP contribution >= 0.6 is 0 Å². The van der Waals surface area contributed by atoms with E-state index in [0.717, 1.165) is 44.7 Å². The second kappa shape index (κ2) is 5.94. The zero-order chi connectivity index (χ0) is 15.6. The quantitative estimate of drug-likeness (QED) is 0.813. The number of aromatic nitrogens is 5. The molecule has 2 aromatic rings. The van der Waals surface area contributed by atoms with Gasteiger partial charge in [-0.2, -0.15) is 10.1 Å². The van der Waals surface area contributed by atoms with Crippen LogP contribution in [0.3, 0.4) is 0 Å². The van der Waals surface area contributed by atoms with Gasteiger partial charge < -0.3 is 4.90 Å². The molecule has 2 aromatic heterocycles. The largest absolute Gasteiger partial charge is 0.355 e. The molecule has 1 saturated heterocycles. The van der Waals surface area contributed by atoms with Crippen LogP contribution in [0.4, 0.5) is 11.8 Å². The van der Waals surface area contributed by atoms with E-state index in [2.05, 4.69) is 25.0 Å². The fourth-order valence-corrected chi connectivity index (χ4v) is 3.37. The average molecular weight is 313 g/mol. The first-order valence-electron chi connectivity index (χ1n) is 8.03. The summed E-state index contributed by atoms with van der Waals surface area (Å²) in [5.41, 5.74) is 0. The van der Waals surface area contributed by atoms with Gasteiger partial charge in [-0.05, 0) is 19.3 Å². The van der Waals surface area contributed by atoms with Gasteiger partial charge in [-0.1, -0.05) is 0 Å². The molecule has 0 saturated carbocycles. The molecule has 0 unspecified atom stereocenters. The summed E-state index contributed by atoms with van der Waals surface area (Å²) >= 11 is 0. The fraction of sp³-hybridized carbons (Fsp3) is 0.533. The van der Waals surface area contributed by atoms with Gasteiger partial charge in [0.25, 0.3) is 0 Å². The molecule has 1 fully saturated rings. The van der Waals surface area contributed by atoms with Gasteiger partial charge in [0.15, 0.2) is 0 Å². The van der Waals surface area contributed by atoms with Crippen LogP contribution in [0.1, 0.15) is 19.3 Å². The molecule has 8 nitrogen and oxygen atoms in total. The molecular weight excluding hydrogens is 294 g/mol. The Bertz CT molecular complexity index is 686. The Morgan fingerprint density at radius 1 is 1.13 bits per heavy atom. The minimum Gasteiger partial charge on any atom is -0.355 e. The summed E-state index contributed by atoms with van der Waals surface area (Å²) in [4.78, 5) is 29.6. The van der Waals surface area contributed by atoms with Crippen LogP contribution in [-0.4, -0.2) is 50.3 Å². The number of piperidine rings is 1. The highest BCUT2D eigenvalue weighted by atomic mass is 16.2. The third kappa shape index (κ3) is 2.64. The third-order valence-corrected chi connectivity index (χ3v) is 4.50. The number of hydrogen-bond acceptors (Lipinski definition) is 6. The van der Waals surface area contributed by atoms with E-state index in [-0.39, 0.29) is 11.8 Å². The minimum absolute atomic E-state index is 0.0333. The van der Waals surface area contributed by atoms with E-state index in [1.807, 2.05) is 4.68 Å². The second-order valence-electron chi connectivity index (χ2n) is 5.98. The molecule has 2 aliphatic rings. The molecule has 0 N–H and O–H groups in total. The van der Waals surface area contributed by atoms with E-state index in [4.69, 9.17) is 0 Å². The summed E-state index contributed by atoms with van der Waals surface area (Å²) in [5.74, 6) is 1.63. The van der Waals surface area contributed by atoms with Crippen LogP contribution in [0.25, 0.3) is 0 Å². The maximum atomic E-state index is 13.0. The molecule has 23 heavy (non-hydrogen) atoms. The van der Waals surface area contributed by atoms with Crippen molar-refractivity contribution >= 4 is 17.7 Å². The van der Waals surface area contributed by atoms with E-state index >= 15 is 0 Å². The minimum atomic E-state index is -0.0333. The van der Waals surface area contributed by atoms with Crippen LogP contribution in [0.2, 0.25) is 0 Å². The maximum Gasteiger partial charge on any atom is 0.234 e. The first-order chi connectivity index (χ1) is 11.3. The molecule has 0 aromatic carbocycles. The van der Waals surface area contributed by atoms with Gasteiger partial charge >= 0.3 is 0 Å². The van der Waals surface area contributed by atoms with E-state index in [1.54, 1.807) is 23.5 Å². The van der Waals surface area contributed by atoms with Gasteiger partial charge in [0.2, 0.25) is 11.9 Å². The summed E-state index contributed by atoms with van der Waals surface area (Å²) in [5, 5.41) is 4.18. The second-order valence-corrected chi connectivity index (χ2v) is 5.98. The first kappa shape index (κ1) is 14.1. The molecule has 1 atom stereocenters. The van der Waals surface area contributed by atoms with Gasteiger partial charge in [0.05, 0.1) is 12.1 Å². The van der Waals surface area contributed by atoms with Crippen molar-refractivity contribution in [2.45, 2.75) is 25.8 Å². The predicted octanol–water partition coefficient (Wildman–Crippen LogP) is 0.721. The molecule has 0 spiro atoms. The van der Waals surface area contributed by atoms with Gasteiger partial charge in [-0.3, -0.25) is 14.7 Å². The Hall–Kier alpha value is -2.51. The van der Waals surface area contributed by atoms with Crippen molar-refractivity contribution in [2.75, 3.05) is 29.4 Å². The van der Waals surface area contributed by atoms with Crippen LogP contribution in [0.15, 0.2) is 24.9 Å². The Morgan fingerprint density at radius 3 is 2.96 bits per heavy atom. The summed E-state index contributed by atoms with van der Waals surface area (Å²) in [7, 11) is 0. The molecule has 4 heterocycles. The number of nitrogens with zero attached hydrogens (tertiary/aromatic N) is 7. The number of hydrogen-bond donors (Lipinski definition) is 0. The highest BCUT2D eigenvalue weighted by Crippen LogP contribution is 2.25. The Labute approximate surface area is 134 Å². The van der Waals surface area contributed by atoms with Crippen molar-refractivity contribution in [1.29, 1.82) is 0 Å². The zero-order valence-corrected chi connectivity index (χ0v) is 12.9. The number of carbonyl (C=O) groups excluding carboxylic acids is 1. The monoisotopic (exact) mass is 313 g/mol. The van der Waals surface area contributed by atoms with Crippen molar-refractivity contribution in [3.05, 3.63) is 24.9 Å². The number of fused-ring (bicyclic) bond motifs is 1. The Kier molecular flexibility index (Phi) is 3.64. The van der Waals surface area contributed by atoms with Crippen LogP contribution in [0, 0.1) is 5.92 Å². The molecule has 4 rings (SSSR count). The molecule has 1 amide bonds. The number of rotatable bonds is 2. The molecule has 8 heteroatoms. The molecule has 0 radical (unpaired) electrons. The lowest BCUT2D eigenvalue weighted by Crippen LogP contribution is -2.47. The van der Waals surface area contributed by atoms with E-state index < -0.39 is 0 Å².